The number of thioether (sulfide) groups is 1. The second kappa shape index (κ2) is 9.71. The Balaban J connectivity index is 1.45. The summed E-state index contributed by atoms with van der Waals surface area (Å²) in [6.45, 7) is 8.07. The van der Waals surface area contributed by atoms with Gasteiger partial charge in [0.25, 0.3) is 5.91 Å². The molecule has 178 valence electrons. The van der Waals surface area contributed by atoms with Crippen molar-refractivity contribution in [2.75, 3.05) is 10.6 Å². The first-order valence-corrected chi connectivity index (χ1v) is 13.3. The van der Waals surface area contributed by atoms with E-state index < -0.39 is 0 Å². The minimum Gasteiger partial charge on any atom is -0.328 e. The Morgan fingerprint density at radius 1 is 1.09 bits per heavy atom. The quantitative estimate of drug-likeness (QED) is 0.296. The molecule has 4 aromatic rings. The molecule has 35 heavy (non-hydrogen) atoms. The van der Waals surface area contributed by atoms with Gasteiger partial charge in [-0.2, -0.15) is 4.98 Å². The van der Waals surface area contributed by atoms with Crippen molar-refractivity contribution >= 4 is 40.6 Å². The number of aromatic nitrogens is 3. The van der Waals surface area contributed by atoms with Crippen LogP contribution < -0.4 is 10.6 Å². The van der Waals surface area contributed by atoms with E-state index in [-0.39, 0.29) is 11.9 Å². The summed E-state index contributed by atoms with van der Waals surface area (Å²) in [5, 5.41) is 14.0. The van der Waals surface area contributed by atoms with Crippen molar-refractivity contribution in [1.82, 2.24) is 14.8 Å². The van der Waals surface area contributed by atoms with E-state index in [1.54, 1.807) is 23.1 Å². The number of thiophene rings is 1. The molecule has 6 nitrogen and oxygen atoms in total. The van der Waals surface area contributed by atoms with Crippen LogP contribution in [0.3, 0.4) is 0 Å². The molecule has 0 saturated heterocycles. The van der Waals surface area contributed by atoms with Crippen LogP contribution in [-0.4, -0.2) is 20.7 Å². The van der Waals surface area contributed by atoms with E-state index >= 15 is 0 Å². The highest BCUT2D eigenvalue weighted by molar-refractivity contribution is 7.98. The van der Waals surface area contributed by atoms with Crippen LogP contribution in [-0.2, 0) is 10.5 Å². The van der Waals surface area contributed by atoms with Crippen LogP contribution in [0, 0.1) is 20.8 Å². The van der Waals surface area contributed by atoms with Crippen molar-refractivity contribution in [3.8, 4) is 0 Å². The van der Waals surface area contributed by atoms with Crippen molar-refractivity contribution in [3.63, 3.8) is 0 Å². The van der Waals surface area contributed by atoms with Gasteiger partial charge in [-0.3, -0.25) is 4.79 Å². The lowest BCUT2D eigenvalue weighted by Crippen LogP contribution is -2.31. The lowest BCUT2D eigenvalue weighted by atomic mass is 10.0. The molecule has 0 saturated carbocycles. The summed E-state index contributed by atoms with van der Waals surface area (Å²) in [6.07, 6.45) is 0. The maximum absolute atomic E-state index is 13.6. The fourth-order valence-corrected chi connectivity index (χ4v) is 5.88. The highest BCUT2D eigenvalue weighted by atomic mass is 32.2. The number of carbonyl (C=O) groups excluding carboxylic acids is 1. The van der Waals surface area contributed by atoms with Gasteiger partial charge < -0.3 is 10.6 Å². The lowest BCUT2D eigenvalue weighted by Gasteiger charge is -2.27. The van der Waals surface area contributed by atoms with Crippen LogP contribution >= 0.6 is 23.1 Å². The van der Waals surface area contributed by atoms with Gasteiger partial charge in [0.15, 0.2) is 0 Å². The molecule has 1 atom stereocenters. The molecule has 3 heterocycles. The Morgan fingerprint density at radius 2 is 1.91 bits per heavy atom. The summed E-state index contributed by atoms with van der Waals surface area (Å²) < 4.78 is 1.84. The number of benzene rings is 2. The van der Waals surface area contributed by atoms with E-state index in [4.69, 9.17) is 10.1 Å². The maximum Gasteiger partial charge on any atom is 0.255 e. The highest BCUT2D eigenvalue weighted by Gasteiger charge is 2.35. The van der Waals surface area contributed by atoms with Gasteiger partial charge in [-0.1, -0.05) is 65.4 Å². The normalized spacial score (nSPS) is 15.0. The molecule has 2 N–H and O–H groups in total. The molecule has 0 bridgehead atoms. The molecule has 0 aliphatic carbocycles. The molecular formula is C27H27N5OS2. The topological polar surface area (TPSA) is 71.8 Å². The first-order chi connectivity index (χ1) is 16.9. The third-order valence-electron chi connectivity index (χ3n) is 5.97. The highest BCUT2D eigenvalue weighted by Crippen LogP contribution is 2.38. The van der Waals surface area contributed by atoms with Crippen molar-refractivity contribution in [3.05, 3.63) is 98.4 Å². The summed E-state index contributed by atoms with van der Waals surface area (Å²) in [7, 11) is 0. The molecular weight excluding hydrogens is 474 g/mol. The van der Waals surface area contributed by atoms with Gasteiger partial charge in [-0.15, -0.1) is 16.4 Å². The van der Waals surface area contributed by atoms with E-state index in [1.165, 1.54) is 11.1 Å². The van der Waals surface area contributed by atoms with Crippen LogP contribution in [0.1, 0.15) is 40.1 Å². The monoisotopic (exact) mass is 501 g/mol. The zero-order chi connectivity index (χ0) is 24.5. The standard InChI is InChI=1S/C27H27N5OS2/c1-16-7-5-8-20(14-16)15-35-27-30-26-28-19(4)23(24(32(26)31-27)22-9-6-12-34-22)25(33)29-21-11-10-17(2)13-18(21)3/h5-14,24H,15H2,1-4H3,(H,29,33)(H,28,30,31)/t24-/m0/s1. The first-order valence-electron chi connectivity index (χ1n) is 11.4. The number of aryl methyl sites for hydroxylation is 3. The Morgan fingerprint density at radius 3 is 2.66 bits per heavy atom. The van der Waals surface area contributed by atoms with Gasteiger partial charge in [0.2, 0.25) is 11.1 Å². The van der Waals surface area contributed by atoms with E-state index in [0.717, 1.165) is 33.1 Å². The van der Waals surface area contributed by atoms with Gasteiger partial charge in [0.05, 0.1) is 5.57 Å². The van der Waals surface area contributed by atoms with Crippen molar-refractivity contribution in [2.24, 2.45) is 0 Å². The number of anilines is 2. The van der Waals surface area contributed by atoms with Gasteiger partial charge in [-0.25, -0.2) is 4.68 Å². The zero-order valence-electron chi connectivity index (χ0n) is 20.1. The molecule has 1 aliphatic rings. The number of nitrogens with one attached hydrogen (secondary N) is 2. The molecule has 0 unspecified atom stereocenters. The zero-order valence-corrected chi connectivity index (χ0v) is 21.8. The van der Waals surface area contributed by atoms with E-state index in [1.807, 2.05) is 55.1 Å². The third-order valence-corrected chi connectivity index (χ3v) is 7.80. The van der Waals surface area contributed by atoms with Crippen LogP contribution in [0.4, 0.5) is 11.6 Å². The smallest absolute Gasteiger partial charge is 0.255 e. The Kier molecular flexibility index (Phi) is 6.49. The number of nitrogens with zero attached hydrogens (tertiary/aromatic N) is 3. The van der Waals surface area contributed by atoms with Gasteiger partial charge in [0.1, 0.15) is 6.04 Å². The van der Waals surface area contributed by atoms with E-state index in [0.29, 0.717) is 16.7 Å². The Labute approximate surface area is 213 Å². The number of rotatable bonds is 6. The molecule has 0 spiro atoms. The average molecular weight is 502 g/mol. The molecule has 1 amide bonds. The van der Waals surface area contributed by atoms with Gasteiger partial charge in [0, 0.05) is 22.0 Å². The predicted molar refractivity (Wildman–Crippen MR) is 144 cm³/mol. The largest absolute Gasteiger partial charge is 0.328 e. The fourth-order valence-electron chi connectivity index (χ4n) is 4.29. The summed E-state index contributed by atoms with van der Waals surface area (Å²) in [5.74, 6) is 1.28. The minimum absolute atomic E-state index is 0.143. The second-order valence-electron chi connectivity index (χ2n) is 8.79. The minimum atomic E-state index is -0.349. The average Bonchev–Trinajstić information content (AvgIpc) is 3.48. The van der Waals surface area contributed by atoms with Crippen LogP contribution in [0.25, 0.3) is 0 Å². The third kappa shape index (κ3) is 4.90. The van der Waals surface area contributed by atoms with Gasteiger partial charge in [-0.05, 0) is 56.3 Å². The summed E-state index contributed by atoms with van der Waals surface area (Å²) in [4.78, 5) is 19.4. The number of fused-ring (bicyclic) bond motifs is 1. The number of allylic oxidation sites excluding steroid dienone is 1. The summed E-state index contributed by atoms with van der Waals surface area (Å²) in [6, 6.07) is 18.2. The molecule has 2 aromatic heterocycles. The van der Waals surface area contributed by atoms with Crippen molar-refractivity contribution in [1.29, 1.82) is 0 Å². The predicted octanol–water partition coefficient (Wildman–Crippen LogP) is 6.48. The molecule has 1 aliphatic heterocycles. The van der Waals surface area contributed by atoms with E-state index in [9.17, 15) is 4.79 Å². The van der Waals surface area contributed by atoms with Crippen LogP contribution in [0.15, 0.2) is 76.4 Å². The van der Waals surface area contributed by atoms with Crippen molar-refractivity contribution < 1.29 is 4.79 Å². The molecule has 0 fully saturated rings. The molecule has 0 radical (unpaired) electrons. The summed E-state index contributed by atoms with van der Waals surface area (Å²) >= 11 is 3.20. The number of amides is 1. The number of hydrogen-bond acceptors (Lipinski definition) is 6. The molecule has 5 rings (SSSR count). The van der Waals surface area contributed by atoms with Gasteiger partial charge >= 0.3 is 0 Å². The number of hydrogen-bond donors (Lipinski definition) is 2. The van der Waals surface area contributed by atoms with Crippen molar-refractivity contribution in [2.45, 2.75) is 44.6 Å². The van der Waals surface area contributed by atoms with Crippen LogP contribution in [0.5, 0.6) is 0 Å². The lowest BCUT2D eigenvalue weighted by molar-refractivity contribution is -0.113. The maximum atomic E-state index is 13.6. The van der Waals surface area contributed by atoms with Crippen LogP contribution in [0.2, 0.25) is 0 Å². The fraction of sp³-hybridized carbons (Fsp3) is 0.222. The summed E-state index contributed by atoms with van der Waals surface area (Å²) in [5.41, 5.74) is 6.89. The Bertz CT molecular complexity index is 1420. The SMILES string of the molecule is CC1=C(C(=O)Nc2ccc(C)cc2C)[C@H](c2cccs2)n2nc(SCc3cccc(C)c3)nc2N1. The molecule has 2 aromatic carbocycles. The first kappa shape index (κ1) is 23.4. The Hall–Kier alpha value is -3.36. The molecule has 8 heteroatoms. The second-order valence-corrected chi connectivity index (χ2v) is 10.7. The number of carbonyl (C=O) groups is 1. The van der Waals surface area contributed by atoms with E-state index in [2.05, 4.69) is 47.9 Å².